The number of benzene rings is 1. The highest BCUT2D eigenvalue weighted by molar-refractivity contribution is 6.30. The summed E-state index contributed by atoms with van der Waals surface area (Å²) in [5, 5.41) is 4.25. The topological polar surface area (TPSA) is 122 Å². The first-order valence-corrected chi connectivity index (χ1v) is 8.62. The summed E-state index contributed by atoms with van der Waals surface area (Å²) in [5.41, 5.74) is -6.93. The number of aromatic nitrogens is 4. The van der Waals surface area contributed by atoms with Crippen molar-refractivity contribution in [3.8, 4) is 5.69 Å². The van der Waals surface area contributed by atoms with Crippen molar-refractivity contribution in [2.45, 2.75) is 11.7 Å². The van der Waals surface area contributed by atoms with Crippen molar-refractivity contribution in [1.29, 1.82) is 0 Å². The molecule has 1 unspecified atom stereocenters. The third-order valence-electron chi connectivity index (χ3n) is 4.43. The summed E-state index contributed by atoms with van der Waals surface area (Å²) in [6.07, 6.45) is -2.98. The number of carbonyl (C=O) groups excluding carboxylic acids is 1. The molecule has 3 heterocycles. The van der Waals surface area contributed by atoms with Crippen LogP contribution in [0, 0.1) is 0 Å². The first-order chi connectivity index (χ1) is 14.1. The minimum atomic E-state index is -5.29. The van der Waals surface area contributed by atoms with E-state index in [4.69, 9.17) is 11.6 Å². The average Bonchev–Trinajstić information content (AvgIpc) is 2.97. The molecule has 30 heavy (non-hydrogen) atoms. The summed E-state index contributed by atoms with van der Waals surface area (Å²) in [6.45, 7) is 0. The minimum Gasteiger partial charge on any atom is -0.328 e. The Kier molecular flexibility index (Phi) is 4.38. The molecule has 0 bridgehead atoms. The fourth-order valence-corrected chi connectivity index (χ4v) is 3.27. The maximum absolute atomic E-state index is 14.3. The summed E-state index contributed by atoms with van der Waals surface area (Å²) < 4.78 is 43.5. The summed E-state index contributed by atoms with van der Waals surface area (Å²) in [4.78, 5) is 46.7. The predicted octanol–water partition coefficient (Wildman–Crippen LogP) is 1.79. The van der Waals surface area contributed by atoms with E-state index in [0.29, 0.717) is 5.02 Å². The number of hydrogen-bond donors (Lipinski definition) is 3. The molecule has 0 saturated heterocycles. The number of amides is 1. The largest absolute Gasteiger partial charge is 0.425 e. The number of alkyl halides is 3. The van der Waals surface area contributed by atoms with Gasteiger partial charge in [-0.3, -0.25) is 14.6 Å². The van der Waals surface area contributed by atoms with Crippen molar-refractivity contribution in [2.24, 2.45) is 0 Å². The fraction of sp³-hybridized carbons (Fsp3) is 0.118. The van der Waals surface area contributed by atoms with Gasteiger partial charge < -0.3 is 10.6 Å². The van der Waals surface area contributed by atoms with E-state index in [9.17, 15) is 27.6 Å². The minimum absolute atomic E-state index is 0.0751. The van der Waals surface area contributed by atoms with E-state index >= 15 is 0 Å². The third kappa shape index (κ3) is 2.84. The molecular weight excluding hydrogens is 429 g/mol. The number of nitrogens with zero attached hydrogens (tertiary/aromatic N) is 3. The Morgan fingerprint density at radius 1 is 1.07 bits per heavy atom. The van der Waals surface area contributed by atoms with Gasteiger partial charge in [-0.05, 0) is 30.3 Å². The Balaban J connectivity index is 2.04. The Bertz CT molecular complexity index is 1260. The van der Waals surface area contributed by atoms with Crippen LogP contribution in [-0.4, -0.2) is 31.6 Å². The van der Waals surface area contributed by atoms with Gasteiger partial charge in [0.25, 0.3) is 17.0 Å². The van der Waals surface area contributed by atoms with Crippen LogP contribution in [0.15, 0.2) is 52.3 Å². The summed E-state index contributed by atoms with van der Waals surface area (Å²) in [7, 11) is 0. The highest BCUT2D eigenvalue weighted by atomic mass is 35.5. The van der Waals surface area contributed by atoms with Crippen molar-refractivity contribution in [3.63, 3.8) is 0 Å². The highest BCUT2D eigenvalue weighted by Gasteiger charge is 2.68. The van der Waals surface area contributed by atoms with Crippen molar-refractivity contribution in [3.05, 3.63) is 74.1 Å². The first kappa shape index (κ1) is 19.6. The normalized spacial score (nSPS) is 18.1. The first-order valence-electron chi connectivity index (χ1n) is 8.24. The molecule has 1 aliphatic rings. The second kappa shape index (κ2) is 6.69. The van der Waals surface area contributed by atoms with Gasteiger partial charge in [0.15, 0.2) is 0 Å². The lowest BCUT2D eigenvalue weighted by molar-refractivity contribution is -0.184. The number of rotatable bonds is 3. The molecule has 9 nitrogen and oxygen atoms in total. The molecule has 0 saturated carbocycles. The molecule has 0 spiro atoms. The Morgan fingerprint density at radius 3 is 2.30 bits per heavy atom. The second-order valence-electron chi connectivity index (χ2n) is 6.19. The van der Waals surface area contributed by atoms with Crippen LogP contribution in [-0.2, 0) is 10.3 Å². The molecule has 1 aliphatic heterocycles. The van der Waals surface area contributed by atoms with E-state index in [1.54, 1.807) is 0 Å². The third-order valence-corrected chi connectivity index (χ3v) is 4.69. The van der Waals surface area contributed by atoms with Crippen molar-refractivity contribution in [1.82, 2.24) is 19.5 Å². The molecule has 4 rings (SSSR count). The summed E-state index contributed by atoms with van der Waals surface area (Å²) in [6, 6.07) is 6.83. The van der Waals surface area contributed by atoms with E-state index in [1.165, 1.54) is 30.3 Å². The van der Waals surface area contributed by atoms with E-state index < -0.39 is 46.2 Å². The molecule has 0 radical (unpaired) electrons. The lowest BCUT2D eigenvalue weighted by atomic mass is 9.92. The fourth-order valence-electron chi connectivity index (χ4n) is 3.15. The van der Waals surface area contributed by atoms with Gasteiger partial charge in [0.1, 0.15) is 11.4 Å². The number of anilines is 2. The molecule has 1 atom stereocenters. The van der Waals surface area contributed by atoms with Crippen molar-refractivity contribution >= 4 is 29.3 Å². The molecule has 3 N–H and O–H groups in total. The molecule has 154 valence electrons. The van der Waals surface area contributed by atoms with Gasteiger partial charge in [-0.1, -0.05) is 11.6 Å². The van der Waals surface area contributed by atoms with Crippen LogP contribution in [0.25, 0.3) is 5.69 Å². The molecular formula is C17H10ClF3N6O3. The quantitative estimate of drug-likeness (QED) is 0.573. The van der Waals surface area contributed by atoms with Crippen molar-refractivity contribution in [2.75, 3.05) is 10.6 Å². The van der Waals surface area contributed by atoms with Gasteiger partial charge >= 0.3 is 11.9 Å². The molecule has 13 heteroatoms. The SMILES string of the molecule is O=C1Nc2c(c(=O)[nH]c(=O)n2-c2ccc(Cl)cc2)C1(Nc1ncccn1)C(F)(F)F. The van der Waals surface area contributed by atoms with Crippen LogP contribution in [0.2, 0.25) is 5.02 Å². The maximum atomic E-state index is 14.3. The van der Waals surface area contributed by atoms with Gasteiger partial charge in [-0.15, -0.1) is 0 Å². The molecule has 1 amide bonds. The number of halogens is 4. The molecule has 0 fully saturated rings. The van der Waals surface area contributed by atoms with Crippen LogP contribution in [0.4, 0.5) is 24.9 Å². The van der Waals surface area contributed by atoms with Crippen LogP contribution in [0.5, 0.6) is 0 Å². The lowest BCUT2D eigenvalue weighted by Crippen LogP contribution is -2.56. The standard InChI is InChI=1S/C17H10ClF3N6O3/c18-8-2-4-9(5-3-8)27-11-10(12(28)25-15(27)30)16(13(29)24-11,17(19,20)21)26-14-22-6-1-7-23-14/h1-7H,(H,24,29)(H,22,23,26)(H,25,28,30). The zero-order valence-corrected chi connectivity index (χ0v) is 15.4. The smallest absolute Gasteiger partial charge is 0.328 e. The van der Waals surface area contributed by atoms with E-state index in [0.717, 1.165) is 17.0 Å². The number of nitrogens with one attached hydrogen (secondary N) is 3. The summed E-state index contributed by atoms with van der Waals surface area (Å²) in [5.74, 6) is -2.78. The van der Waals surface area contributed by atoms with E-state index in [-0.39, 0.29) is 5.69 Å². The van der Waals surface area contributed by atoms with E-state index in [2.05, 4.69) is 9.97 Å². The van der Waals surface area contributed by atoms with E-state index in [1.807, 2.05) is 15.6 Å². The second-order valence-corrected chi connectivity index (χ2v) is 6.63. The van der Waals surface area contributed by atoms with Crippen LogP contribution in [0.3, 0.4) is 0 Å². The molecule has 2 aromatic heterocycles. The van der Waals surface area contributed by atoms with Crippen LogP contribution < -0.4 is 21.9 Å². The summed E-state index contributed by atoms with van der Waals surface area (Å²) >= 11 is 5.81. The maximum Gasteiger partial charge on any atom is 0.425 e. The predicted molar refractivity (Wildman–Crippen MR) is 99.7 cm³/mol. The molecule has 3 aromatic rings. The van der Waals surface area contributed by atoms with Crippen LogP contribution in [0.1, 0.15) is 5.56 Å². The molecule has 1 aromatic carbocycles. The monoisotopic (exact) mass is 438 g/mol. The van der Waals surface area contributed by atoms with Crippen molar-refractivity contribution < 1.29 is 18.0 Å². The van der Waals surface area contributed by atoms with Gasteiger partial charge in [0, 0.05) is 17.4 Å². The highest BCUT2D eigenvalue weighted by Crippen LogP contribution is 2.47. The number of H-pyrrole nitrogens is 1. The van der Waals surface area contributed by atoms with Gasteiger partial charge in [-0.25, -0.2) is 19.3 Å². The number of hydrogen-bond acceptors (Lipinski definition) is 6. The number of aromatic amines is 1. The van der Waals surface area contributed by atoms with Gasteiger partial charge in [0.2, 0.25) is 5.95 Å². The lowest BCUT2D eigenvalue weighted by Gasteiger charge is -2.29. The number of carbonyl (C=O) groups is 1. The Morgan fingerprint density at radius 2 is 1.70 bits per heavy atom. The molecule has 0 aliphatic carbocycles. The Labute approximate surface area is 169 Å². The van der Waals surface area contributed by atoms with Crippen LogP contribution >= 0.6 is 11.6 Å². The van der Waals surface area contributed by atoms with Gasteiger partial charge in [0.05, 0.1) is 5.69 Å². The Hall–Kier alpha value is -3.67. The number of fused-ring (bicyclic) bond motifs is 1. The van der Waals surface area contributed by atoms with Gasteiger partial charge in [-0.2, -0.15) is 13.2 Å². The average molecular weight is 439 g/mol. The zero-order chi connectivity index (χ0) is 21.7. The zero-order valence-electron chi connectivity index (χ0n) is 14.6.